The van der Waals surface area contributed by atoms with Crippen molar-refractivity contribution in [3.05, 3.63) is 71.0 Å². The maximum absolute atomic E-state index is 12.4. The predicted molar refractivity (Wildman–Crippen MR) is 104 cm³/mol. The molecular formula is C20H18ClN3O2. The van der Waals surface area contributed by atoms with Crippen LogP contribution in [0.1, 0.15) is 15.9 Å². The van der Waals surface area contributed by atoms with Crippen molar-refractivity contribution < 1.29 is 9.59 Å². The maximum atomic E-state index is 12.4. The van der Waals surface area contributed by atoms with Gasteiger partial charge in [0.05, 0.1) is 18.3 Å². The van der Waals surface area contributed by atoms with E-state index in [1.54, 1.807) is 50.8 Å². The summed E-state index contributed by atoms with van der Waals surface area (Å²) >= 11 is 5.96. The number of amides is 2. The molecule has 0 saturated carbocycles. The number of carbonyl (C=O) groups excluding carboxylic acids is 2. The normalized spacial score (nSPS) is 10.6. The van der Waals surface area contributed by atoms with Crippen molar-refractivity contribution in [2.24, 2.45) is 0 Å². The summed E-state index contributed by atoms with van der Waals surface area (Å²) in [4.78, 5) is 30.2. The molecule has 0 radical (unpaired) electrons. The summed E-state index contributed by atoms with van der Waals surface area (Å²) in [7, 11) is 3.41. The van der Waals surface area contributed by atoms with Gasteiger partial charge in [-0.15, -0.1) is 0 Å². The second-order valence-corrected chi connectivity index (χ2v) is 6.61. The van der Waals surface area contributed by atoms with Gasteiger partial charge in [-0.2, -0.15) is 0 Å². The highest BCUT2D eigenvalue weighted by molar-refractivity contribution is 6.30. The highest BCUT2D eigenvalue weighted by Crippen LogP contribution is 2.24. The zero-order chi connectivity index (χ0) is 18.7. The number of carbonyl (C=O) groups is 2. The van der Waals surface area contributed by atoms with Crippen LogP contribution in [0.2, 0.25) is 5.02 Å². The summed E-state index contributed by atoms with van der Waals surface area (Å²) in [5, 5.41) is 5.10. The Kier molecular flexibility index (Phi) is 5.19. The van der Waals surface area contributed by atoms with E-state index in [0.717, 1.165) is 16.3 Å². The quantitative estimate of drug-likeness (QED) is 0.763. The Balaban J connectivity index is 1.83. The smallest absolute Gasteiger partial charge is 0.253 e. The molecule has 0 unspecified atom stereocenters. The van der Waals surface area contributed by atoms with Gasteiger partial charge in [0.2, 0.25) is 5.91 Å². The van der Waals surface area contributed by atoms with Crippen molar-refractivity contribution in [3.8, 4) is 0 Å². The molecule has 1 aromatic heterocycles. The first-order valence-electron chi connectivity index (χ1n) is 8.08. The number of rotatable bonds is 4. The van der Waals surface area contributed by atoms with Crippen LogP contribution in [0.25, 0.3) is 10.8 Å². The van der Waals surface area contributed by atoms with E-state index in [0.29, 0.717) is 16.3 Å². The third-order valence-electron chi connectivity index (χ3n) is 3.94. The van der Waals surface area contributed by atoms with E-state index in [2.05, 4.69) is 10.3 Å². The van der Waals surface area contributed by atoms with Crippen LogP contribution in [0.15, 0.2) is 54.9 Å². The SMILES string of the molecule is CN(C)C(=O)c1ccc2c(NC(=O)Cc3cccc(Cl)c3)cncc2c1. The molecule has 0 aliphatic heterocycles. The van der Waals surface area contributed by atoms with Crippen LogP contribution in [-0.4, -0.2) is 35.8 Å². The third kappa shape index (κ3) is 4.00. The van der Waals surface area contributed by atoms with Crippen molar-refractivity contribution >= 4 is 39.9 Å². The number of pyridine rings is 1. The molecule has 6 heteroatoms. The lowest BCUT2D eigenvalue weighted by Gasteiger charge is -2.12. The van der Waals surface area contributed by atoms with Gasteiger partial charge in [0.15, 0.2) is 0 Å². The molecule has 26 heavy (non-hydrogen) atoms. The zero-order valence-corrected chi connectivity index (χ0v) is 15.2. The largest absolute Gasteiger partial charge is 0.345 e. The first-order valence-corrected chi connectivity index (χ1v) is 8.45. The number of halogens is 1. The molecular weight excluding hydrogens is 350 g/mol. The second kappa shape index (κ2) is 7.54. The summed E-state index contributed by atoms with van der Waals surface area (Å²) in [6.45, 7) is 0. The molecule has 0 spiro atoms. The first kappa shape index (κ1) is 17.9. The minimum atomic E-state index is -0.157. The van der Waals surface area contributed by atoms with Gasteiger partial charge in [-0.1, -0.05) is 29.8 Å². The van der Waals surface area contributed by atoms with E-state index < -0.39 is 0 Å². The molecule has 1 heterocycles. The Hall–Kier alpha value is -2.92. The first-order chi connectivity index (χ1) is 12.4. The van der Waals surface area contributed by atoms with Gasteiger partial charge < -0.3 is 10.2 Å². The van der Waals surface area contributed by atoms with Gasteiger partial charge in [-0.25, -0.2) is 0 Å². The number of fused-ring (bicyclic) bond motifs is 1. The van der Waals surface area contributed by atoms with Crippen LogP contribution >= 0.6 is 11.6 Å². The number of nitrogens with zero attached hydrogens (tertiary/aromatic N) is 2. The summed E-state index contributed by atoms with van der Waals surface area (Å²) in [6, 6.07) is 12.5. The Morgan fingerprint density at radius 1 is 1.12 bits per heavy atom. The Morgan fingerprint density at radius 3 is 2.65 bits per heavy atom. The van der Waals surface area contributed by atoms with E-state index in [1.807, 2.05) is 18.2 Å². The average molecular weight is 368 g/mol. The van der Waals surface area contributed by atoms with Gasteiger partial charge in [-0.05, 0) is 29.8 Å². The Bertz CT molecular complexity index is 986. The lowest BCUT2D eigenvalue weighted by molar-refractivity contribution is -0.115. The van der Waals surface area contributed by atoms with Crippen LogP contribution in [0.5, 0.6) is 0 Å². The van der Waals surface area contributed by atoms with Crippen LogP contribution < -0.4 is 5.32 Å². The van der Waals surface area contributed by atoms with Gasteiger partial charge in [-0.3, -0.25) is 14.6 Å². The number of aromatic nitrogens is 1. The molecule has 0 aliphatic carbocycles. The van der Waals surface area contributed by atoms with Crippen molar-refractivity contribution in [2.75, 3.05) is 19.4 Å². The number of hydrogen-bond acceptors (Lipinski definition) is 3. The van der Waals surface area contributed by atoms with Gasteiger partial charge in [0.25, 0.3) is 5.91 Å². The van der Waals surface area contributed by atoms with Crippen LogP contribution in [0.3, 0.4) is 0 Å². The molecule has 0 bridgehead atoms. The van der Waals surface area contributed by atoms with Crippen LogP contribution in [0, 0.1) is 0 Å². The molecule has 3 rings (SSSR count). The molecule has 0 fully saturated rings. The fourth-order valence-corrected chi connectivity index (χ4v) is 2.91. The van der Waals surface area contributed by atoms with Gasteiger partial charge in [0, 0.05) is 41.7 Å². The molecule has 132 valence electrons. The number of hydrogen-bond donors (Lipinski definition) is 1. The lowest BCUT2D eigenvalue weighted by atomic mass is 10.1. The number of anilines is 1. The van der Waals surface area contributed by atoms with E-state index in [-0.39, 0.29) is 18.2 Å². The van der Waals surface area contributed by atoms with Gasteiger partial charge >= 0.3 is 0 Å². The second-order valence-electron chi connectivity index (χ2n) is 6.18. The van der Waals surface area contributed by atoms with Gasteiger partial charge in [0.1, 0.15) is 0 Å². The minimum absolute atomic E-state index is 0.0812. The number of benzene rings is 2. The number of nitrogens with one attached hydrogen (secondary N) is 1. The lowest BCUT2D eigenvalue weighted by Crippen LogP contribution is -2.21. The minimum Gasteiger partial charge on any atom is -0.345 e. The fraction of sp³-hybridized carbons (Fsp3) is 0.150. The Morgan fingerprint density at radius 2 is 1.92 bits per heavy atom. The van der Waals surface area contributed by atoms with Crippen LogP contribution in [-0.2, 0) is 11.2 Å². The monoisotopic (exact) mass is 367 g/mol. The van der Waals surface area contributed by atoms with E-state index in [9.17, 15) is 9.59 Å². The molecule has 0 atom stereocenters. The summed E-state index contributed by atoms with van der Waals surface area (Å²) in [5.74, 6) is -0.239. The van der Waals surface area contributed by atoms with E-state index in [4.69, 9.17) is 11.6 Å². The molecule has 3 aromatic rings. The van der Waals surface area contributed by atoms with E-state index >= 15 is 0 Å². The summed E-state index contributed by atoms with van der Waals surface area (Å²) in [6.07, 6.45) is 3.49. The average Bonchev–Trinajstić information content (AvgIpc) is 2.60. The summed E-state index contributed by atoms with van der Waals surface area (Å²) < 4.78 is 0. The van der Waals surface area contributed by atoms with Crippen molar-refractivity contribution in [3.63, 3.8) is 0 Å². The van der Waals surface area contributed by atoms with Crippen molar-refractivity contribution in [2.45, 2.75) is 6.42 Å². The van der Waals surface area contributed by atoms with E-state index in [1.165, 1.54) is 4.90 Å². The van der Waals surface area contributed by atoms with Crippen molar-refractivity contribution in [1.29, 1.82) is 0 Å². The molecule has 5 nitrogen and oxygen atoms in total. The molecule has 2 aromatic carbocycles. The topological polar surface area (TPSA) is 62.3 Å². The van der Waals surface area contributed by atoms with Crippen molar-refractivity contribution in [1.82, 2.24) is 9.88 Å². The molecule has 0 aliphatic rings. The maximum Gasteiger partial charge on any atom is 0.253 e. The highest BCUT2D eigenvalue weighted by atomic mass is 35.5. The standard InChI is InChI=1S/C20H18ClN3O2/c1-24(2)20(26)14-6-7-17-15(10-14)11-22-12-18(17)23-19(25)9-13-4-3-5-16(21)8-13/h3-8,10-12H,9H2,1-2H3,(H,23,25). The Labute approximate surface area is 156 Å². The van der Waals surface area contributed by atoms with Crippen LogP contribution in [0.4, 0.5) is 5.69 Å². The fourth-order valence-electron chi connectivity index (χ4n) is 2.69. The zero-order valence-electron chi connectivity index (χ0n) is 14.5. The highest BCUT2D eigenvalue weighted by Gasteiger charge is 2.12. The third-order valence-corrected chi connectivity index (χ3v) is 4.18. The summed E-state index contributed by atoms with van der Waals surface area (Å²) in [5.41, 5.74) is 2.02. The molecule has 2 amide bonds. The molecule has 1 N–H and O–H groups in total. The molecule has 0 saturated heterocycles. The predicted octanol–water partition coefficient (Wildman–Crippen LogP) is 3.77.